The highest BCUT2D eigenvalue weighted by molar-refractivity contribution is 6.31. The molecule has 162 valence electrons. The van der Waals surface area contributed by atoms with Crippen LogP contribution in [0, 0.1) is 0 Å². The monoisotopic (exact) mass is 450 g/mol. The molecule has 11 heteroatoms. The van der Waals surface area contributed by atoms with Crippen LogP contribution in [0.1, 0.15) is 37.3 Å². The summed E-state index contributed by atoms with van der Waals surface area (Å²) in [6.45, 7) is 2.65. The molecule has 1 aliphatic rings. The third-order valence-electron chi connectivity index (χ3n) is 5.51. The molecule has 3 aromatic heterocycles. The van der Waals surface area contributed by atoms with E-state index in [4.69, 9.17) is 21.3 Å². The first kappa shape index (κ1) is 20.2. The van der Waals surface area contributed by atoms with Crippen molar-refractivity contribution >= 4 is 33.5 Å². The molecular formula is C20H18ClF3N6O. The van der Waals surface area contributed by atoms with Gasteiger partial charge in [0.2, 0.25) is 0 Å². The Hall–Kier alpha value is -2.72. The molecule has 7 nitrogen and oxygen atoms in total. The summed E-state index contributed by atoms with van der Waals surface area (Å²) in [5.41, 5.74) is 1.25. The smallest absolute Gasteiger partial charge is 0.378 e. The molecule has 1 fully saturated rings. The van der Waals surface area contributed by atoms with Crippen molar-refractivity contribution in [3.63, 3.8) is 0 Å². The summed E-state index contributed by atoms with van der Waals surface area (Å²) in [7, 11) is 0. The number of halogens is 4. The Morgan fingerprint density at radius 1 is 1.26 bits per heavy atom. The first-order valence-corrected chi connectivity index (χ1v) is 10.2. The van der Waals surface area contributed by atoms with E-state index in [2.05, 4.69) is 19.9 Å². The van der Waals surface area contributed by atoms with Crippen LogP contribution in [0.3, 0.4) is 0 Å². The van der Waals surface area contributed by atoms with Gasteiger partial charge in [-0.05, 0) is 38.0 Å². The highest BCUT2D eigenvalue weighted by Crippen LogP contribution is 2.34. The average molecular weight is 451 g/mol. The van der Waals surface area contributed by atoms with Crippen LogP contribution in [0.2, 0.25) is 5.02 Å². The molecule has 0 bridgehead atoms. The van der Waals surface area contributed by atoms with Crippen molar-refractivity contribution in [1.82, 2.24) is 29.5 Å². The standard InChI is InChI=1S/C20H18ClF3N6O/c1-11-6-13(4-5-31-11)30-18(10-29-9-17(27-28-29)20(22,23)24)26-16-8-25-15-3-2-12(21)7-14(15)19(16)30/h2-3,7-9,11,13H,4-6,10H2,1H3/t11-,13?/m1/s1. The molecule has 2 atom stereocenters. The second kappa shape index (κ2) is 7.45. The van der Waals surface area contributed by atoms with Crippen molar-refractivity contribution in [2.75, 3.05) is 6.61 Å². The van der Waals surface area contributed by atoms with Gasteiger partial charge in [-0.3, -0.25) is 4.98 Å². The Morgan fingerprint density at radius 2 is 2.10 bits per heavy atom. The van der Waals surface area contributed by atoms with E-state index >= 15 is 0 Å². The Morgan fingerprint density at radius 3 is 2.84 bits per heavy atom. The number of pyridine rings is 1. The summed E-state index contributed by atoms with van der Waals surface area (Å²) in [5, 5.41) is 8.33. The maximum absolute atomic E-state index is 13.0. The van der Waals surface area contributed by atoms with Gasteiger partial charge in [-0.25, -0.2) is 9.67 Å². The van der Waals surface area contributed by atoms with Gasteiger partial charge < -0.3 is 9.30 Å². The molecule has 4 aromatic rings. The molecule has 0 aliphatic carbocycles. The molecule has 1 unspecified atom stereocenters. The minimum atomic E-state index is -4.55. The van der Waals surface area contributed by atoms with Crippen LogP contribution in [0.5, 0.6) is 0 Å². The van der Waals surface area contributed by atoms with Gasteiger partial charge in [-0.15, -0.1) is 5.10 Å². The predicted octanol–water partition coefficient (Wildman–Crippen LogP) is 4.64. The highest BCUT2D eigenvalue weighted by Gasteiger charge is 2.35. The second-order valence-electron chi connectivity index (χ2n) is 7.71. The van der Waals surface area contributed by atoms with Gasteiger partial charge >= 0.3 is 6.18 Å². The van der Waals surface area contributed by atoms with Crippen LogP contribution in [-0.4, -0.2) is 42.2 Å². The zero-order chi connectivity index (χ0) is 21.8. The highest BCUT2D eigenvalue weighted by atomic mass is 35.5. The molecule has 0 spiro atoms. The minimum Gasteiger partial charge on any atom is -0.378 e. The van der Waals surface area contributed by atoms with Gasteiger partial charge in [-0.1, -0.05) is 16.8 Å². The van der Waals surface area contributed by atoms with Gasteiger partial charge in [0, 0.05) is 23.1 Å². The number of benzene rings is 1. The largest absolute Gasteiger partial charge is 0.436 e. The number of alkyl halides is 3. The van der Waals surface area contributed by atoms with E-state index in [1.54, 1.807) is 12.3 Å². The maximum Gasteiger partial charge on any atom is 0.436 e. The number of hydrogen-bond donors (Lipinski definition) is 0. The summed E-state index contributed by atoms with van der Waals surface area (Å²) in [5.74, 6) is 0.585. The number of fused-ring (bicyclic) bond motifs is 3. The van der Waals surface area contributed by atoms with E-state index in [-0.39, 0.29) is 18.7 Å². The maximum atomic E-state index is 13.0. The fraction of sp³-hybridized carbons (Fsp3) is 0.400. The van der Waals surface area contributed by atoms with Gasteiger partial charge in [0.15, 0.2) is 5.69 Å². The van der Waals surface area contributed by atoms with Crippen LogP contribution in [0.15, 0.2) is 30.6 Å². The van der Waals surface area contributed by atoms with E-state index in [1.807, 2.05) is 19.1 Å². The first-order valence-electron chi connectivity index (χ1n) is 9.83. The molecule has 0 N–H and O–H groups in total. The van der Waals surface area contributed by atoms with Crippen molar-refractivity contribution in [3.05, 3.63) is 47.1 Å². The number of ether oxygens (including phenoxy) is 1. The molecule has 1 aromatic carbocycles. The van der Waals surface area contributed by atoms with E-state index in [1.165, 1.54) is 0 Å². The molecule has 0 saturated carbocycles. The summed E-state index contributed by atoms with van der Waals surface area (Å²) >= 11 is 6.26. The number of aromatic nitrogens is 6. The van der Waals surface area contributed by atoms with Crippen LogP contribution < -0.4 is 0 Å². The van der Waals surface area contributed by atoms with Gasteiger partial charge in [-0.2, -0.15) is 13.2 Å². The summed E-state index contributed by atoms with van der Waals surface area (Å²) in [6.07, 6.45) is -0.401. The molecule has 0 amide bonds. The molecule has 1 saturated heterocycles. The molecule has 5 rings (SSSR count). The van der Waals surface area contributed by atoms with Crippen molar-refractivity contribution in [3.8, 4) is 0 Å². The fourth-order valence-corrected chi connectivity index (χ4v) is 4.33. The Balaban J connectivity index is 1.68. The van der Waals surface area contributed by atoms with Crippen molar-refractivity contribution in [2.45, 2.75) is 44.6 Å². The zero-order valence-corrected chi connectivity index (χ0v) is 17.2. The van der Waals surface area contributed by atoms with E-state index in [9.17, 15) is 13.2 Å². The lowest BCUT2D eigenvalue weighted by atomic mass is 10.0. The van der Waals surface area contributed by atoms with Crippen LogP contribution in [0.4, 0.5) is 13.2 Å². The predicted molar refractivity (Wildman–Crippen MR) is 108 cm³/mol. The van der Waals surface area contributed by atoms with Crippen LogP contribution >= 0.6 is 11.6 Å². The Kier molecular flexibility index (Phi) is 4.86. The quantitative estimate of drug-likeness (QED) is 0.455. The van der Waals surface area contributed by atoms with E-state index in [0.29, 0.717) is 23.0 Å². The van der Waals surface area contributed by atoms with Gasteiger partial charge in [0.05, 0.1) is 29.5 Å². The molecule has 0 radical (unpaired) electrons. The number of nitrogens with zero attached hydrogens (tertiary/aromatic N) is 6. The second-order valence-corrected chi connectivity index (χ2v) is 8.15. The third-order valence-corrected chi connectivity index (χ3v) is 5.74. The normalized spacial score (nSPS) is 20.0. The Labute approximate surface area is 179 Å². The summed E-state index contributed by atoms with van der Waals surface area (Å²) in [4.78, 5) is 9.17. The molecular weight excluding hydrogens is 433 g/mol. The van der Waals surface area contributed by atoms with E-state index in [0.717, 1.165) is 40.1 Å². The van der Waals surface area contributed by atoms with Crippen LogP contribution in [0.25, 0.3) is 21.9 Å². The zero-order valence-electron chi connectivity index (χ0n) is 16.5. The van der Waals surface area contributed by atoms with Crippen molar-refractivity contribution in [1.29, 1.82) is 0 Å². The van der Waals surface area contributed by atoms with Crippen LogP contribution in [-0.2, 0) is 17.5 Å². The van der Waals surface area contributed by atoms with Gasteiger partial charge in [0.25, 0.3) is 0 Å². The summed E-state index contributed by atoms with van der Waals surface area (Å²) < 4.78 is 47.8. The lowest BCUT2D eigenvalue weighted by Crippen LogP contribution is -2.27. The molecule has 1 aliphatic heterocycles. The lowest BCUT2D eigenvalue weighted by molar-refractivity contribution is -0.141. The average Bonchev–Trinajstić information content (AvgIpc) is 3.32. The number of imidazole rings is 1. The number of rotatable bonds is 3. The topological polar surface area (TPSA) is 70.7 Å². The third kappa shape index (κ3) is 3.74. The van der Waals surface area contributed by atoms with Crippen molar-refractivity contribution in [2.24, 2.45) is 0 Å². The van der Waals surface area contributed by atoms with Gasteiger partial charge in [0.1, 0.15) is 17.9 Å². The molecule has 31 heavy (non-hydrogen) atoms. The summed E-state index contributed by atoms with van der Waals surface area (Å²) in [6, 6.07) is 5.52. The van der Waals surface area contributed by atoms with Crippen molar-refractivity contribution < 1.29 is 17.9 Å². The SMILES string of the molecule is C[C@@H]1CC(n2c(Cn3cc(C(F)(F)F)nn3)nc3cnc4ccc(Cl)cc4c32)CCO1. The molecule has 4 heterocycles. The number of hydrogen-bond acceptors (Lipinski definition) is 5. The Bertz CT molecular complexity index is 1270. The minimum absolute atomic E-state index is 0.0472. The lowest BCUT2D eigenvalue weighted by Gasteiger charge is -2.30. The van der Waals surface area contributed by atoms with E-state index < -0.39 is 11.9 Å². The first-order chi connectivity index (χ1) is 14.8. The fourth-order valence-electron chi connectivity index (χ4n) is 4.16.